The van der Waals surface area contributed by atoms with Crippen LogP contribution in [-0.4, -0.2) is 27.1 Å². The summed E-state index contributed by atoms with van der Waals surface area (Å²) in [6.45, 7) is 4.82. The minimum Gasteiger partial charge on any atom is -0.392 e. The minimum atomic E-state index is -0.192. The monoisotopic (exact) mass is 241 g/mol. The van der Waals surface area contributed by atoms with Crippen LogP contribution < -0.4 is 5.32 Å². The number of nitrogens with one attached hydrogen (secondary N) is 1. The van der Waals surface area contributed by atoms with E-state index in [-0.39, 0.29) is 11.5 Å². The highest BCUT2D eigenvalue weighted by Gasteiger charge is 2.35. The van der Waals surface area contributed by atoms with Gasteiger partial charge in [-0.25, -0.2) is 4.98 Å². The lowest BCUT2D eigenvalue weighted by atomic mass is 9.73. The number of nitrogens with zero attached hydrogens (tertiary/aromatic N) is 2. The summed E-state index contributed by atoms with van der Waals surface area (Å²) in [4.78, 5) is 4.27. The van der Waals surface area contributed by atoms with Crippen molar-refractivity contribution in [3.63, 3.8) is 0 Å². The Morgan fingerprint density at radius 2 is 2.38 bits per heavy atom. The lowest BCUT2D eigenvalue weighted by molar-refractivity contribution is 0.00963. The third kappa shape index (κ3) is 2.52. The van der Waals surface area contributed by atoms with Gasteiger partial charge in [-0.2, -0.15) is 4.37 Å². The van der Waals surface area contributed by atoms with Crippen LogP contribution in [0.2, 0.25) is 0 Å². The van der Waals surface area contributed by atoms with E-state index in [0.29, 0.717) is 0 Å². The zero-order chi connectivity index (χ0) is 11.6. The van der Waals surface area contributed by atoms with E-state index in [2.05, 4.69) is 21.6 Å². The first-order valence-electron chi connectivity index (χ1n) is 5.82. The van der Waals surface area contributed by atoms with Gasteiger partial charge in [-0.15, -0.1) is 0 Å². The van der Waals surface area contributed by atoms with Gasteiger partial charge >= 0.3 is 0 Å². The summed E-state index contributed by atoms with van der Waals surface area (Å²) >= 11 is 1.38. The summed E-state index contributed by atoms with van der Waals surface area (Å²) in [7, 11) is 0. The molecule has 0 aliphatic heterocycles. The van der Waals surface area contributed by atoms with Crippen molar-refractivity contribution in [3.8, 4) is 0 Å². The average Bonchev–Trinajstić information content (AvgIpc) is 2.67. The van der Waals surface area contributed by atoms with Gasteiger partial charge in [-0.05, 0) is 19.8 Å². The Morgan fingerprint density at radius 1 is 1.56 bits per heavy atom. The van der Waals surface area contributed by atoms with Crippen LogP contribution in [0.25, 0.3) is 0 Å². The molecule has 2 unspecified atom stereocenters. The van der Waals surface area contributed by atoms with Crippen LogP contribution in [-0.2, 0) is 0 Å². The number of aromatic nitrogens is 2. The van der Waals surface area contributed by atoms with Crippen LogP contribution in [0.1, 0.15) is 38.4 Å². The van der Waals surface area contributed by atoms with E-state index in [9.17, 15) is 5.11 Å². The van der Waals surface area contributed by atoms with E-state index in [1.165, 1.54) is 18.0 Å². The number of rotatable bonds is 3. The molecule has 5 heteroatoms. The van der Waals surface area contributed by atoms with Gasteiger partial charge in [0.25, 0.3) is 0 Å². The second-order valence-corrected chi connectivity index (χ2v) is 5.67. The third-order valence-corrected chi connectivity index (χ3v) is 4.22. The van der Waals surface area contributed by atoms with E-state index < -0.39 is 0 Å². The molecule has 0 radical (unpaired) electrons. The lowest BCUT2D eigenvalue weighted by Gasteiger charge is -2.38. The van der Waals surface area contributed by atoms with Crippen LogP contribution in [0.5, 0.6) is 0 Å². The maximum atomic E-state index is 10.0. The fourth-order valence-corrected chi connectivity index (χ4v) is 2.80. The topological polar surface area (TPSA) is 58.0 Å². The van der Waals surface area contributed by atoms with Gasteiger partial charge in [-0.3, -0.25) is 0 Å². The number of aryl methyl sites for hydroxylation is 1. The average molecular weight is 241 g/mol. The summed E-state index contributed by atoms with van der Waals surface area (Å²) in [6.07, 6.45) is 4.17. The molecule has 1 aromatic rings. The highest BCUT2D eigenvalue weighted by Crippen LogP contribution is 2.36. The van der Waals surface area contributed by atoms with Gasteiger partial charge in [0, 0.05) is 23.5 Å². The molecule has 0 saturated heterocycles. The molecule has 16 heavy (non-hydrogen) atoms. The molecule has 0 spiro atoms. The number of aliphatic hydroxyl groups is 1. The molecule has 90 valence electrons. The SMILES string of the molecule is Cc1nsc(NCC2(C)CCCCC2O)n1. The van der Waals surface area contributed by atoms with Crippen molar-refractivity contribution in [2.75, 3.05) is 11.9 Å². The maximum absolute atomic E-state index is 10.0. The first-order chi connectivity index (χ1) is 7.60. The van der Waals surface area contributed by atoms with E-state index in [0.717, 1.165) is 36.8 Å². The Labute approximate surface area is 100 Å². The lowest BCUT2D eigenvalue weighted by Crippen LogP contribution is -2.41. The van der Waals surface area contributed by atoms with Crippen LogP contribution >= 0.6 is 11.5 Å². The first kappa shape index (κ1) is 11.8. The maximum Gasteiger partial charge on any atom is 0.202 e. The molecule has 1 heterocycles. The van der Waals surface area contributed by atoms with Crippen LogP contribution in [0.3, 0.4) is 0 Å². The van der Waals surface area contributed by atoms with E-state index >= 15 is 0 Å². The molecule has 1 aromatic heterocycles. The van der Waals surface area contributed by atoms with Crippen molar-refractivity contribution in [2.24, 2.45) is 5.41 Å². The van der Waals surface area contributed by atoms with Crippen molar-refractivity contribution in [3.05, 3.63) is 5.82 Å². The quantitative estimate of drug-likeness (QED) is 0.851. The molecule has 1 saturated carbocycles. The molecule has 1 aliphatic rings. The second-order valence-electron chi connectivity index (χ2n) is 4.92. The van der Waals surface area contributed by atoms with Crippen molar-refractivity contribution in [1.29, 1.82) is 0 Å². The van der Waals surface area contributed by atoms with E-state index in [4.69, 9.17) is 0 Å². The largest absolute Gasteiger partial charge is 0.392 e. The number of anilines is 1. The van der Waals surface area contributed by atoms with Gasteiger partial charge in [0.15, 0.2) is 0 Å². The van der Waals surface area contributed by atoms with E-state index in [1.807, 2.05) is 6.92 Å². The molecule has 0 bridgehead atoms. The highest BCUT2D eigenvalue weighted by atomic mass is 32.1. The zero-order valence-electron chi connectivity index (χ0n) is 9.86. The van der Waals surface area contributed by atoms with Gasteiger partial charge in [0.2, 0.25) is 5.13 Å². The highest BCUT2D eigenvalue weighted by molar-refractivity contribution is 7.09. The van der Waals surface area contributed by atoms with Crippen molar-refractivity contribution < 1.29 is 5.11 Å². The molecule has 0 amide bonds. The zero-order valence-corrected chi connectivity index (χ0v) is 10.7. The first-order valence-corrected chi connectivity index (χ1v) is 6.60. The fraction of sp³-hybridized carbons (Fsp3) is 0.818. The van der Waals surface area contributed by atoms with Crippen molar-refractivity contribution >= 4 is 16.7 Å². The van der Waals surface area contributed by atoms with Gasteiger partial charge in [0.1, 0.15) is 5.82 Å². The summed E-state index contributed by atoms with van der Waals surface area (Å²) in [5.41, 5.74) is -0.0160. The van der Waals surface area contributed by atoms with Gasteiger partial charge in [0.05, 0.1) is 6.10 Å². The fourth-order valence-electron chi connectivity index (χ4n) is 2.23. The molecule has 0 aromatic carbocycles. The minimum absolute atomic E-state index is 0.0160. The Morgan fingerprint density at radius 3 is 3.00 bits per heavy atom. The molecule has 2 N–H and O–H groups in total. The molecular weight excluding hydrogens is 222 g/mol. The van der Waals surface area contributed by atoms with Crippen molar-refractivity contribution in [2.45, 2.75) is 45.6 Å². The Hall–Kier alpha value is -0.680. The predicted molar refractivity (Wildman–Crippen MR) is 65.7 cm³/mol. The molecule has 1 fully saturated rings. The van der Waals surface area contributed by atoms with Crippen LogP contribution in [0, 0.1) is 12.3 Å². The molecule has 4 nitrogen and oxygen atoms in total. The smallest absolute Gasteiger partial charge is 0.202 e. The number of aliphatic hydroxyl groups excluding tert-OH is 1. The third-order valence-electron chi connectivity index (χ3n) is 3.45. The standard InChI is InChI=1S/C11H19N3OS/c1-8-13-10(16-14-8)12-7-11(2)6-4-3-5-9(11)15/h9,15H,3-7H2,1-2H3,(H,12,13,14). The normalized spacial score (nSPS) is 30.3. The number of hydrogen-bond acceptors (Lipinski definition) is 5. The summed E-state index contributed by atoms with van der Waals surface area (Å²) in [5, 5.41) is 14.2. The summed E-state index contributed by atoms with van der Waals surface area (Å²) in [5.74, 6) is 0.807. The van der Waals surface area contributed by atoms with Gasteiger partial charge < -0.3 is 10.4 Å². The molecule has 2 rings (SSSR count). The summed E-state index contributed by atoms with van der Waals surface area (Å²) < 4.78 is 4.13. The molecular formula is C11H19N3OS. The second kappa shape index (κ2) is 4.67. The Bertz CT molecular complexity index is 355. The molecule has 2 atom stereocenters. The Balaban J connectivity index is 1.93. The Kier molecular flexibility index (Phi) is 3.44. The molecule has 1 aliphatic carbocycles. The summed E-state index contributed by atoms with van der Waals surface area (Å²) in [6, 6.07) is 0. The van der Waals surface area contributed by atoms with Crippen LogP contribution in [0.15, 0.2) is 0 Å². The van der Waals surface area contributed by atoms with Gasteiger partial charge in [-0.1, -0.05) is 19.8 Å². The van der Waals surface area contributed by atoms with Crippen molar-refractivity contribution in [1.82, 2.24) is 9.36 Å². The van der Waals surface area contributed by atoms with Crippen LogP contribution in [0.4, 0.5) is 5.13 Å². The van der Waals surface area contributed by atoms with E-state index in [1.54, 1.807) is 0 Å². The predicted octanol–water partition coefficient (Wildman–Crippen LogP) is 2.20. The number of hydrogen-bond donors (Lipinski definition) is 2.